The van der Waals surface area contributed by atoms with E-state index in [4.69, 9.17) is 11.6 Å². The van der Waals surface area contributed by atoms with Crippen LogP contribution in [-0.2, 0) is 0 Å². The molecule has 22 heavy (non-hydrogen) atoms. The Morgan fingerprint density at radius 2 is 2.14 bits per heavy atom. The molecule has 2 rings (SSSR count). The number of hydrogen-bond acceptors (Lipinski definition) is 5. The molecule has 0 saturated carbocycles. The average molecular weight is 327 g/mol. The maximum atomic E-state index is 12.2. The predicted molar refractivity (Wildman–Crippen MR) is 86.3 cm³/mol. The van der Waals surface area contributed by atoms with Crippen LogP contribution >= 0.6 is 11.6 Å². The highest BCUT2D eigenvalue weighted by atomic mass is 35.5. The topological polar surface area (TPSA) is 78.3 Å². The van der Waals surface area contributed by atoms with Gasteiger partial charge in [0.15, 0.2) is 5.69 Å². The van der Waals surface area contributed by atoms with Gasteiger partial charge in [-0.1, -0.05) is 25.4 Å². The Hall–Kier alpha value is -1.40. The molecule has 0 bridgehead atoms. The molecule has 1 aromatic rings. The molecule has 0 aliphatic carbocycles. The van der Waals surface area contributed by atoms with E-state index >= 15 is 0 Å². The molecular weight excluding hydrogens is 304 g/mol. The van der Waals surface area contributed by atoms with Crippen molar-refractivity contribution < 1.29 is 9.90 Å². The Balaban J connectivity index is 1.97. The number of aromatic nitrogens is 2. The van der Waals surface area contributed by atoms with Gasteiger partial charge in [-0.05, 0) is 25.2 Å². The summed E-state index contributed by atoms with van der Waals surface area (Å²) in [6.07, 6.45) is 3.77. The second-order valence-corrected chi connectivity index (χ2v) is 6.32. The molecule has 2 N–H and O–H groups in total. The Morgan fingerprint density at radius 3 is 2.77 bits per heavy atom. The predicted octanol–water partition coefficient (Wildman–Crippen LogP) is 1.87. The number of hydrogen-bond donors (Lipinski definition) is 2. The van der Waals surface area contributed by atoms with Crippen LogP contribution in [0.1, 0.15) is 43.6 Å². The summed E-state index contributed by atoms with van der Waals surface area (Å²) in [5.41, 5.74) is 0.192. The molecular formula is C15H23ClN4O2. The first-order valence-electron chi connectivity index (χ1n) is 7.72. The third-order valence-corrected chi connectivity index (χ3v) is 4.11. The fourth-order valence-corrected chi connectivity index (χ4v) is 2.51. The third kappa shape index (κ3) is 4.30. The molecule has 0 radical (unpaired) electrons. The van der Waals surface area contributed by atoms with E-state index in [2.05, 4.69) is 20.2 Å². The molecule has 1 fully saturated rings. The van der Waals surface area contributed by atoms with Gasteiger partial charge in [0.05, 0.1) is 17.3 Å². The number of rotatable bonds is 6. The molecule has 1 aliphatic rings. The van der Waals surface area contributed by atoms with Crippen LogP contribution < -0.4 is 10.2 Å². The van der Waals surface area contributed by atoms with Crippen molar-refractivity contribution in [2.75, 3.05) is 24.5 Å². The molecule has 7 heteroatoms. The van der Waals surface area contributed by atoms with E-state index < -0.39 is 6.10 Å². The van der Waals surface area contributed by atoms with Crippen molar-refractivity contribution in [2.45, 2.75) is 39.2 Å². The number of amides is 1. The fourth-order valence-electron chi connectivity index (χ4n) is 2.34. The molecule has 1 amide bonds. The van der Waals surface area contributed by atoms with E-state index in [1.807, 2.05) is 13.8 Å². The van der Waals surface area contributed by atoms with Gasteiger partial charge in [-0.25, -0.2) is 9.97 Å². The van der Waals surface area contributed by atoms with Gasteiger partial charge in [-0.15, -0.1) is 0 Å². The third-order valence-electron chi connectivity index (χ3n) is 3.83. The second kappa shape index (κ2) is 7.74. The molecule has 1 aliphatic heterocycles. The van der Waals surface area contributed by atoms with E-state index in [1.165, 1.54) is 6.20 Å². The first-order valence-corrected chi connectivity index (χ1v) is 8.10. The van der Waals surface area contributed by atoms with E-state index in [-0.39, 0.29) is 22.5 Å². The van der Waals surface area contributed by atoms with E-state index in [9.17, 15) is 9.90 Å². The molecule has 0 aromatic carbocycles. The van der Waals surface area contributed by atoms with Gasteiger partial charge in [0.25, 0.3) is 5.91 Å². The van der Waals surface area contributed by atoms with E-state index in [0.29, 0.717) is 18.9 Å². The van der Waals surface area contributed by atoms with Crippen molar-refractivity contribution in [1.29, 1.82) is 0 Å². The molecule has 6 nitrogen and oxygen atoms in total. The first-order chi connectivity index (χ1) is 10.5. The van der Waals surface area contributed by atoms with Crippen molar-refractivity contribution in [2.24, 2.45) is 5.92 Å². The summed E-state index contributed by atoms with van der Waals surface area (Å²) in [6.45, 7) is 6.08. The summed E-state index contributed by atoms with van der Waals surface area (Å²) in [5, 5.41) is 12.7. The van der Waals surface area contributed by atoms with Crippen LogP contribution in [-0.4, -0.2) is 46.7 Å². The zero-order chi connectivity index (χ0) is 16.1. The quantitative estimate of drug-likeness (QED) is 0.834. The van der Waals surface area contributed by atoms with Gasteiger partial charge in [0, 0.05) is 19.6 Å². The number of carbonyl (C=O) groups excluding carboxylic acids is 1. The number of nitrogens with one attached hydrogen (secondary N) is 1. The summed E-state index contributed by atoms with van der Waals surface area (Å²) in [5.74, 6) is 0.388. The van der Waals surface area contributed by atoms with Gasteiger partial charge in [0.1, 0.15) is 0 Å². The number of anilines is 1. The lowest BCUT2D eigenvalue weighted by atomic mass is 10.0. The Labute approximate surface area is 135 Å². The highest BCUT2D eigenvalue weighted by molar-refractivity contribution is 6.33. The van der Waals surface area contributed by atoms with Crippen LogP contribution in [0.5, 0.6) is 0 Å². The van der Waals surface area contributed by atoms with Crippen molar-refractivity contribution in [3.8, 4) is 0 Å². The maximum Gasteiger partial charge on any atom is 0.271 e. The molecule has 122 valence electrons. The van der Waals surface area contributed by atoms with Crippen LogP contribution in [0, 0.1) is 5.92 Å². The normalized spacial score (nSPS) is 16.1. The van der Waals surface area contributed by atoms with Gasteiger partial charge in [-0.3, -0.25) is 4.79 Å². The van der Waals surface area contributed by atoms with Crippen LogP contribution in [0.3, 0.4) is 0 Å². The maximum absolute atomic E-state index is 12.2. The highest BCUT2D eigenvalue weighted by Gasteiger charge is 2.19. The highest BCUT2D eigenvalue weighted by Crippen LogP contribution is 2.19. The Kier molecular flexibility index (Phi) is 5.97. The van der Waals surface area contributed by atoms with Gasteiger partial charge in [0.2, 0.25) is 5.95 Å². The number of aliphatic hydroxyl groups excluding tert-OH is 1. The second-order valence-electron chi connectivity index (χ2n) is 5.92. The molecule has 2 heterocycles. The number of halogens is 1. The van der Waals surface area contributed by atoms with Crippen LogP contribution in [0.2, 0.25) is 5.02 Å². The number of carbonyl (C=O) groups is 1. The van der Waals surface area contributed by atoms with E-state index in [1.54, 1.807) is 0 Å². The van der Waals surface area contributed by atoms with Crippen molar-refractivity contribution in [3.05, 3.63) is 16.9 Å². The van der Waals surface area contributed by atoms with Crippen molar-refractivity contribution in [3.63, 3.8) is 0 Å². The molecule has 1 atom stereocenters. The molecule has 1 unspecified atom stereocenters. The summed E-state index contributed by atoms with van der Waals surface area (Å²) >= 11 is 6.04. The summed E-state index contributed by atoms with van der Waals surface area (Å²) in [6, 6.07) is 0. The lowest BCUT2D eigenvalue weighted by molar-refractivity contribution is 0.0915. The zero-order valence-corrected chi connectivity index (χ0v) is 13.8. The van der Waals surface area contributed by atoms with Crippen LogP contribution in [0.25, 0.3) is 0 Å². The lowest BCUT2D eigenvalue weighted by Gasteiger charge is -2.16. The van der Waals surface area contributed by atoms with Gasteiger partial charge in [-0.2, -0.15) is 0 Å². The Morgan fingerprint density at radius 1 is 1.45 bits per heavy atom. The Bertz CT molecular complexity index is 518. The van der Waals surface area contributed by atoms with Gasteiger partial charge >= 0.3 is 0 Å². The molecule has 0 spiro atoms. The number of aliphatic hydroxyl groups is 1. The zero-order valence-electron chi connectivity index (χ0n) is 13.0. The SMILES string of the molecule is CC(C)C(O)CCNC(=O)c1nc(N2CCCC2)ncc1Cl. The summed E-state index contributed by atoms with van der Waals surface area (Å²) < 4.78 is 0. The lowest BCUT2D eigenvalue weighted by Crippen LogP contribution is -2.30. The first kappa shape index (κ1) is 17.0. The van der Waals surface area contributed by atoms with Crippen molar-refractivity contribution in [1.82, 2.24) is 15.3 Å². The minimum atomic E-state index is -0.429. The minimum Gasteiger partial charge on any atom is -0.393 e. The molecule has 1 saturated heterocycles. The van der Waals surface area contributed by atoms with E-state index in [0.717, 1.165) is 25.9 Å². The van der Waals surface area contributed by atoms with Gasteiger partial charge < -0.3 is 15.3 Å². The molecule has 1 aromatic heterocycles. The van der Waals surface area contributed by atoms with Crippen LogP contribution in [0.4, 0.5) is 5.95 Å². The standard InChI is InChI=1S/C15H23ClN4O2/c1-10(2)12(21)5-6-17-14(22)13-11(16)9-18-15(19-13)20-7-3-4-8-20/h9-10,12,21H,3-8H2,1-2H3,(H,17,22). The monoisotopic (exact) mass is 326 g/mol. The smallest absolute Gasteiger partial charge is 0.271 e. The summed E-state index contributed by atoms with van der Waals surface area (Å²) in [4.78, 5) is 22.7. The summed E-state index contributed by atoms with van der Waals surface area (Å²) in [7, 11) is 0. The largest absolute Gasteiger partial charge is 0.393 e. The average Bonchev–Trinajstić information content (AvgIpc) is 3.01. The minimum absolute atomic E-state index is 0.168. The number of nitrogens with zero attached hydrogens (tertiary/aromatic N) is 3. The fraction of sp³-hybridized carbons (Fsp3) is 0.667. The van der Waals surface area contributed by atoms with Crippen LogP contribution in [0.15, 0.2) is 6.20 Å². The van der Waals surface area contributed by atoms with Crippen molar-refractivity contribution >= 4 is 23.5 Å².